The number of Topliss-reactive ketones (excluding diaryl/α,β-unsaturated/α-hetero) is 2. The molecule has 0 atom stereocenters. The summed E-state index contributed by atoms with van der Waals surface area (Å²) in [5.41, 5.74) is 2.68. The first-order chi connectivity index (χ1) is 10.2. The van der Waals surface area contributed by atoms with Crippen LogP contribution < -0.4 is 0 Å². The van der Waals surface area contributed by atoms with Crippen LogP contribution >= 0.6 is 15.9 Å². The first-order valence-electron chi connectivity index (χ1n) is 6.82. The van der Waals surface area contributed by atoms with Crippen LogP contribution in [0.3, 0.4) is 0 Å². The molecule has 0 saturated heterocycles. The molecule has 2 heterocycles. The topological polar surface area (TPSA) is 59.9 Å². The van der Waals surface area contributed by atoms with Crippen LogP contribution in [-0.4, -0.2) is 26.9 Å². The Kier molecular flexibility index (Phi) is 3.92. The van der Waals surface area contributed by atoms with Crippen molar-refractivity contribution in [2.75, 3.05) is 5.33 Å². The van der Waals surface area contributed by atoms with Gasteiger partial charge in [0.05, 0.1) is 11.1 Å². The molecule has 0 N–H and O–H groups in total. The third kappa shape index (κ3) is 2.53. The van der Waals surface area contributed by atoms with Gasteiger partial charge in [-0.3, -0.25) is 19.6 Å². The molecule has 1 aliphatic carbocycles. The number of nitrogens with zero attached hydrogens (tertiary/aromatic N) is 2. The molecule has 0 amide bonds. The predicted octanol–water partition coefficient (Wildman–Crippen LogP) is 3.24. The summed E-state index contributed by atoms with van der Waals surface area (Å²) in [5, 5.41) is 0.968. The molecule has 106 valence electrons. The largest absolute Gasteiger partial charge is 0.285 e. The monoisotopic (exact) mass is 344 g/mol. The first kappa shape index (κ1) is 14.1. The number of carbonyl (C=O) groups is 2. The van der Waals surface area contributed by atoms with E-state index in [9.17, 15) is 9.59 Å². The van der Waals surface area contributed by atoms with Gasteiger partial charge in [0.1, 0.15) is 11.4 Å². The molecule has 21 heavy (non-hydrogen) atoms. The fourth-order valence-electron chi connectivity index (χ4n) is 2.43. The van der Waals surface area contributed by atoms with Crippen molar-refractivity contribution in [3.05, 3.63) is 47.3 Å². The van der Waals surface area contributed by atoms with Crippen molar-refractivity contribution in [2.45, 2.75) is 19.3 Å². The van der Waals surface area contributed by atoms with E-state index in [1.54, 1.807) is 24.4 Å². The molecule has 2 aromatic rings. The zero-order chi connectivity index (χ0) is 14.8. The van der Waals surface area contributed by atoms with Crippen molar-refractivity contribution >= 4 is 27.5 Å². The van der Waals surface area contributed by atoms with E-state index in [1.165, 1.54) is 0 Å². The number of rotatable bonds is 4. The molecule has 0 fully saturated rings. The van der Waals surface area contributed by atoms with Gasteiger partial charge in [-0.2, -0.15) is 0 Å². The van der Waals surface area contributed by atoms with Gasteiger partial charge >= 0.3 is 0 Å². The molecule has 0 radical (unpaired) electrons. The zero-order valence-corrected chi connectivity index (χ0v) is 12.9. The number of carbonyl (C=O) groups excluding carboxylic acids is 2. The third-order valence-electron chi connectivity index (χ3n) is 3.50. The Morgan fingerprint density at radius 1 is 0.952 bits per heavy atom. The Balaban J connectivity index is 2.05. The first-order valence-corrected chi connectivity index (χ1v) is 7.95. The van der Waals surface area contributed by atoms with E-state index < -0.39 is 11.6 Å². The minimum atomic E-state index is -0.501. The lowest BCUT2D eigenvalue weighted by atomic mass is 9.90. The van der Waals surface area contributed by atoms with E-state index in [4.69, 9.17) is 0 Å². The number of fused-ring (bicyclic) bond motifs is 3. The minimum Gasteiger partial charge on any atom is -0.285 e. The second kappa shape index (κ2) is 5.85. The highest BCUT2D eigenvalue weighted by molar-refractivity contribution is 9.09. The van der Waals surface area contributed by atoms with Crippen molar-refractivity contribution in [1.29, 1.82) is 0 Å². The summed E-state index contributed by atoms with van der Waals surface area (Å²) in [6, 6.07) is 6.81. The number of alkyl halides is 1. The highest BCUT2D eigenvalue weighted by Gasteiger charge is 2.32. The van der Waals surface area contributed by atoms with Crippen LogP contribution in [0.1, 0.15) is 39.3 Å². The van der Waals surface area contributed by atoms with Crippen LogP contribution in [-0.2, 0) is 6.42 Å². The number of unbranched alkanes of at least 4 members (excludes halogenated alkanes) is 1. The SMILES string of the molecule is O=C1C(=O)c2ccc(CCCCBr)nc2-c2ncccc21. The summed E-state index contributed by atoms with van der Waals surface area (Å²) in [6.45, 7) is 0. The molecule has 0 bridgehead atoms. The van der Waals surface area contributed by atoms with Gasteiger partial charge < -0.3 is 0 Å². The quantitative estimate of drug-likeness (QED) is 0.485. The molecule has 0 saturated carbocycles. The lowest BCUT2D eigenvalue weighted by Gasteiger charge is -2.16. The average molecular weight is 345 g/mol. The van der Waals surface area contributed by atoms with Gasteiger partial charge in [0, 0.05) is 17.2 Å². The van der Waals surface area contributed by atoms with E-state index >= 15 is 0 Å². The lowest BCUT2D eigenvalue weighted by molar-refractivity contribution is 0.0814. The number of hydrogen-bond donors (Lipinski definition) is 0. The smallest absolute Gasteiger partial charge is 0.235 e. The van der Waals surface area contributed by atoms with E-state index in [0.29, 0.717) is 22.5 Å². The van der Waals surface area contributed by atoms with Gasteiger partial charge in [-0.05, 0) is 43.5 Å². The molecule has 5 heteroatoms. The van der Waals surface area contributed by atoms with Crippen molar-refractivity contribution < 1.29 is 9.59 Å². The molecular weight excluding hydrogens is 332 g/mol. The highest BCUT2D eigenvalue weighted by atomic mass is 79.9. The molecule has 1 aliphatic rings. The number of ketones is 2. The summed E-state index contributed by atoms with van der Waals surface area (Å²) in [4.78, 5) is 33.0. The summed E-state index contributed by atoms with van der Waals surface area (Å²) < 4.78 is 0. The zero-order valence-electron chi connectivity index (χ0n) is 11.3. The highest BCUT2D eigenvalue weighted by Crippen LogP contribution is 2.30. The molecule has 4 nitrogen and oxygen atoms in total. The molecule has 0 unspecified atom stereocenters. The minimum absolute atomic E-state index is 0.347. The fraction of sp³-hybridized carbons (Fsp3) is 0.250. The Morgan fingerprint density at radius 3 is 2.48 bits per heavy atom. The van der Waals surface area contributed by atoms with E-state index in [1.807, 2.05) is 6.07 Å². The van der Waals surface area contributed by atoms with Crippen LogP contribution in [0.4, 0.5) is 0 Å². The summed E-state index contributed by atoms with van der Waals surface area (Å²) in [7, 11) is 0. The van der Waals surface area contributed by atoms with Gasteiger partial charge in [-0.1, -0.05) is 15.9 Å². The Labute approximate surface area is 130 Å². The van der Waals surface area contributed by atoms with Crippen LogP contribution in [0.2, 0.25) is 0 Å². The molecule has 0 aromatic carbocycles. The van der Waals surface area contributed by atoms with Gasteiger partial charge in [0.2, 0.25) is 11.6 Å². The maximum atomic E-state index is 12.1. The number of aryl methyl sites for hydroxylation is 1. The van der Waals surface area contributed by atoms with Crippen molar-refractivity contribution in [1.82, 2.24) is 9.97 Å². The maximum absolute atomic E-state index is 12.1. The molecule has 0 spiro atoms. The van der Waals surface area contributed by atoms with E-state index in [2.05, 4.69) is 25.9 Å². The summed E-state index contributed by atoms with van der Waals surface area (Å²) in [5.74, 6) is -0.996. The fourth-order valence-corrected chi connectivity index (χ4v) is 2.82. The second-order valence-electron chi connectivity index (χ2n) is 4.90. The Bertz CT molecular complexity index is 728. The summed E-state index contributed by atoms with van der Waals surface area (Å²) >= 11 is 3.41. The van der Waals surface area contributed by atoms with Gasteiger partial charge in [-0.25, -0.2) is 0 Å². The molecule has 3 rings (SSSR count). The van der Waals surface area contributed by atoms with Crippen molar-refractivity contribution in [3.63, 3.8) is 0 Å². The van der Waals surface area contributed by atoms with Crippen LogP contribution in [0.5, 0.6) is 0 Å². The Hall–Kier alpha value is -1.88. The number of pyridine rings is 2. The summed E-state index contributed by atoms with van der Waals surface area (Å²) in [6.07, 6.45) is 4.57. The third-order valence-corrected chi connectivity index (χ3v) is 4.06. The molecule has 2 aromatic heterocycles. The normalized spacial score (nSPS) is 13.0. The van der Waals surface area contributed by atoms with Crippen LogP contribution in [0.15, 0.2) is 30.5 Å². The second-order valence-corrected chi connectivity index (χ2v) is 5.70. The average Bonchev–Trinajstić information content (AvgIpc) is 2.53. The number of halogens is 1. The standard InChI is InChI=1S/C16H13BrN2O2/c17-8-2-1-4-10-6-7-12-14(19-10)13-11(5-3-9-18-13)15(20)16(12)21/h3,5-7,9H,1-2,4,8H2. The van der Waals surface area contributed by atoms with Crippen LogP contribution in [0, 0.1) is 0 Å². The van der Waals surface area contributed by atoms with Gasteiger partial charge in [0.15, 0.2) is 0 Å². The van der Waals surface area contributed by atoms with E-state index in [-0.39, 0.29) is 0 Å². The number of hydrogen-bond acceptors (Lipinski definition) is 4. The van der Waals surface area contributed by atoms with Gasteiger partial charge in [-0.15, -0.1) is 0 Å². The predicted molar refractivity (Wildman–Crippen MR) is 82.9 cm³/mol. The van der Waals surface area contributed by atoms with E-state index in [0.717, 1.165) is 30.3 Å². The molecule has 0 aliphatic heterocycles. The van der Waals surface area contributed by atoms with Crippen molar-refractivity contribution in [2.24, 2.45) is 0 Å². The maximum Gasteiger partial charge on any atom is 0.235 e. The van der Waals surface area contributed by atoms with Gasteiger partial charge in [0.25, 0.3) is 0 Å². The lowest BCUT2D eigenvalue weighted by Crippen LogP contribution is -2.23. The Morgan fingerprint density at radius 2 is 1.71 bits per heavy atom. The van der Waals surface area contributed by atoms with Crippen molar-refractivity contribution in [3.8, 4) is 11.4 Å². The molecular formula is C16H13BrN2O2. The number of aromatic nitrogens is 2. The van der Waals surface area contributed by atoms with Crippen LogP contribution in [0.25, 0.3) is 11.4 Å².